The largest absolute Gasteiger partial charge is 0.508 e. The third-order valence-electron chi connectivity index (χ3n) is 3.05. The molecule has 0 atom stereocenters. The van der Waals surface area contributed by atoms with Crippen LogP contribution in [0.2, 0.25) is 0 Å². The van der Waals surface area contributed by atoms with Crippen LogP contribution in [-0.4, -0.2) is 23.3 Å². The molecule has 0 aliphatic carbocycles. The lowest BCUT2D eigenvalue weighted by Gasteiger charge is -2.19. The highest BCUT2D eigenvalue weighted by atomic mass is 16.6. The van der Waals surface area contributed by atoms with Crippen molar-refractivity contribution in [2.75, 3.05) is 7.11 Å². The van der Waals surface area contributed by atoms with Crippen molar-refractivity contribution in [1.82, 2.24) is 0 Å². The Bertz CT molecular complexity index is 761. The number of aromatic hydroxyl groups is 2. The number of carbonyl (C=O) groups is 1. The van der Waals surface area contributed by atoms with E-state index in [1.807, 2.05) is 0 Å². The Kier molecular flexibility index (Phi) is 3.34. The quantitative estimate of drug-likeness (QED) is 0.503. The molecule has 0 saturated carbocycles. The molecule has 0 fully saturated rings. The van der Waals surface area contributed by atoms with Gasteiger partial charge in [-0.25, -0.2) is 4.79 Å². The molecule has 1 heterocycles. The van der Waals surface area contributed by atoms with Crippen molar-refractivity contribution in [2.24, 2.45) is 0 Å². The third-order valence-corrected chi connectivity index (χ3v) is 3.05. The summed E-state index contributed by atoms with van der Waals surface area (Å²) in [6.07, 6.45) is 1.49. The number of phenolic OH excluding ortho intramolecular Hbond substituents is 2. The molecular formula is C16H12O6. The molecule has 3 rings (SSSR count). The van der Waals surface area contributed by atoms with Crippen LogP contribution in [0.4, 0.5) is 0 Å². The molecule has 1 aliphatic heterocycles. The Balaban J connectivity index is 1.94. The lowest BCUT2D eigenvalue weighted by Crippen LogP contribution is -2.20. The maximum absolute atomic E-state index is 11.9. The van der Waals surface area contributed by atoms with Crippen LogP contribution in [0.5, 0.6) is 28.7 Å². The van der Waals surface area contributed by atoms with E-state index < -0.39 is 5.97 Å². The minimum atomic E-state index is -0.732. The monoisotopic (exact) mass is 300 g/mol. The number of fused-ring (bicyclic) bond motifs is 1. The molecule has 6 nitrogen and oxygen atoms in total. The number of esters is 1. The van der Waals surface area contributed by atoms with E-state index >= 15 is 0 Å². The number of hydrogen-bond donors (Lipinski definition) is 2. The second-order valence-electron chi connectivity index (χ2n) is 4.57. The molecule has 2 N–H and O–H groups in total. The summed E-state index contributed by atoms with van der Waals surface area (Å²) in [5, 5.41) is 19.1. The lowest BCUT2D eigenvalue weighted by atomic mass is 10.2. The summed E-state index contributed by atoms with van der Waals surface area (Å²) in [6.45, 7) is 0. The number of rotatable bonds is 2. The molecule has 0 unspecified atom stereocenters. The highest BCUT2D eigenvalue weighted by Crippen LogP contribution is 2.43. The first-order chi connectivity index (χ1) is 10.6. The Morgan fingerprint density at radius 2 is 1.82 bits per heavy atom. The molecule has 0 bridgehead atoms. The fourth-order valence-electron chi connectivity index (χ4n) is 1.99. The molecule has 1 aliphatic rings. The molecular weight excluding hydrogens is 288 g/mol. The van der Waals surface area contributed by atoms with Gasteiger partial charge < -0.3 is 24.4 Å². The summed E-state index contributed by atoms with van der Waals surface area (Å²) < 4.78 is 15.5. The van der Waals surface area contributed by atoms with E-state index in [0.29, 0.717) is 11.3 Å². The van der Waals surface area contributed by atoms with Gasteiger partial charge in [-0.1, -0.05) is 12.1 Å². The van der Waals surface area contributed by atoms with E-state index in [2.05, 4.69) is 0 Å². The van der Waals surface area contributed by atoms with E-state index in [-0.39, 0.29) is 28.8 Å². The third kappa shape index (κ3) is 2.54. The van der Waals surface area contributed by atoms with E-state index in [1.165, 1.54) is 12.1 Å². The number of carbonyl (C=O) groups excluding carboxylic acids is 1. The molecule has 2 aromatic carbocycles. The minimum absolute atomic E-state index is 0.0531. The van der Waals surface area contributed by atoms with Gasteiger partial charge in [0.2, 0.25) is 11.5 Å². The van der Waals surface area contributed by atoms with Gasteiger partial charge in [0.25, 0.3) is 0 Å². The SMILES string of the molecule is COc1ccc(C=C2Oc3cc(O)cc(O)c3OC2=O)cc1. The van der Waals surface area contributed by atoms with Gasteiger partial charge in [0, 0.05) is 12.1 Å². The standard InChI is InChI=1S/C16H12O6/c1-20-11-4-2-9(3-5-11)6-14-16(19)22-15-12(18)7-10(17)8-13(15)21-14/h2-8,17-18H,1H3. The first-order valence-corrected chi connectivity index (χ1v) is 6.38. The average Bonchev–Trinajstić information content (AvgIpc) is 2.50. The second-order valence-corrected chi connectivity index (χ2v) is 4.57. The van der Waals surface area contributed by atoms with Gasteiger partial charge in [-0.2, -0.15) is 0 Å². The number of ether oxygens (including phenoxy) is 3. The van der Waals surface area contributed by atoms with Gasteiger partial charge >= 0.3 is 5.97 Å². The van der Waals surface area contributed by atoms with Crippen LogP contribution in [0.1, 0.15) is 5.56 Å². The van der Waals surface area contributed by atoms with Gasteiger partial charge in [-0.05, 0) is 23.8 Å². The molecule has 2 aromatic rings. The van der Waals surface area contributed by atoms with Gasteiger partial charge in [0.05, 0.1) is 7.11 Å². The number of phenols is 2. The van der Waals surface area contributed by atoms with Crippen LogP contribution in [0, 0.1) is 0 Å². The van der Waals surface area contributed by atoms with Crippen LogP contribution in [0.3, 0.4) is 0 Å². The number of benzene rings is 2. The summed E-state index contributed by atoms with van der Waals surface area (Å²) >= 11 is 0. The van der Waals surface area contributed by atoms with Gasteiger partial charge in [-0.15, -0.1) is 0 Å². The maximum Gasteiger partial charge on any atom is 0.379 e. The van der Waals surface area contributed by atoms with Crippen molar-refractivity contribution in [2.45, 2.75) is 0 Å². The van der Waals surface area contributed by atoms with Gasteiger partial charge in [0.1, 0.15) is 11.5 Å². The minimum Gasteiger partial charge on any atom is -0.508 e. The molecule has 0 saturated heterocycles. The van der Waals surface area contributed by atoms with Crippen LogP contribution in [0.15, 0.2) is 42.2 Å². The average molecular weight is 300 g/mol. The highest BCUT2D eigenvalue weighted by Gasteiger charge is 2.27. The highest BCUT2D eigenvalue weighted by molar-refractivity contribution is 5.95. The molecule has 0 amide bonds. The number of hydrogen-bond acceptors (Lipinski definition) is 6. The molecule has 112 valence electrons. The first-order valence-electron chi connectivity index (χ1n) is 6.38. The van der Waals surface area contributed by atoms with Crippen molar-refractivity contribution in [3.63, 3.8) is 0 Å². The summed E-state index contributed by atoms with van der Waals surface area (Å²) in [4.78, 5) is 11.9. The number of methoxy groups -OCH3 is 1. The van der Waals surface area contributed by atoms with Crippen LogP contribution in [0.25, 0.3) is 6.08 Å². The van der Waals surface area contributed by atoms with E-state index in [4.69, 9.17) is 14.2 Å². The van der Waals surface area contributed by atoms with E-state index in [0.717, 1.165) is 6.07 Å². The van der Waals surface area contributed by atoms with Gasteiger partial charge in [-0.3, -0.25) is 0 Å². The van der Waals surface area contributed by atoms with Crippen molar-refractivity contribution in [3.05, 3.63) is 47.7 Å². The summed E-state index contributed by atoms with van der Waals surface area (Å²) in [7, 11) is 1.56. The van der Waals surface area contributed by atoms with Crippen molar-refractivity contribution in [1.29, 1.82) is 0 Å². The Morgan fingerprint density at radius 3 is 2.50 bits per heavy atom. The van der Waals surface area contributed by atoms with Crippen molar-refractivity contribution >= 4 is 12.0 Å². The Labute approximate surface area is 125 Å². The predicted octanol–water partition coefficient (Wildman–Crippen LogP) is 2.45. The first kappa shape index (κ1) is 13.8. The fraction of sp³-hybridized carbons (Fsp3) is 0.0625. The normalized spacial score (nSPS) is 15.0. The van der Waals surface area contributed by atoms with Crippen molar-refractivity contribution < 1.29 is 29.2 Å². The zero-order valence-corrected chi connectivity index (χ0v) is 11.6. The van der Waals surface area contributed by atoms with Crippen LogP contribution < -0.4 is 14.2 Å². The van der Waals surface area contributed by atoms with Crippen molar-refractivity contribution in [3.8, 4) is 28.7 Å². The van der Waals surface area contributed by atoms with Crippen LogP contribution in [-0.2, 0) is 4.79 Å². The zero-order valence-electron chi connectivity index (χ0n) is 11.6. The van der Waals surface area contributed by atoms with Crippen LogP contribution >= 0.6 is 0 Å². The summed E-state index contributed by atoms with van der Waals surface area (Å²) in [5.74, 6) is -0.710. The molecule has 22 heavy (non-hydrogen) atoms. The predicted molar refractivity (Wildman–Crippen MR) is 77.0 cm³/mol. The summed E-state index contributed by atoms with van der Waals surface area (Å²) in [6, 6.07) is 9.30. The molecule has 0 aromatic heterocycles. The second kappa shape index (κ2) is 5.33. The summed E-state index contributed by atoms with van der Waals surface area (Å²) in [5.41, 5.74) is 0.709. The smallest absolute Gasteiger partial charge is 0.379 e. The van der Waals surface area contributed by atoms with E-state index in [1.54, 1.807) is 31.4 Å². The Hall–Kier alpha value is -3.15. The zero-order chi connectivity index (χ0) is 15.7. The molecule has 0 radical (unpaired) electrons. The maximum atomic E-state index is 11.9. The van der Waals surface area contributed by atoms with E-state index in [9.17, 15) is 15.0 Å². The molecule has 6 heteroatoms. The van der Waals surface area contributed by atoms with Gasteiger partial charge in [0.15, 0.2) is 11.5 Å². The lowest BCUT2D eigenvalue weighted by molar-refractivity contribution is -0.134. The topological polar surface area (TPSA) is 85.2 Å². The Morgan fingerprint density at radius 1 is 1.09 bits per heavy atom. The fourth-order valence-corrected chi connectivity index (χ4v) is 1.99. The molecule has 0 spiro atoms.